The topological polar surface area (TPSA) is 46.7 Å². The summed E-state index contributed by atoms with van der Waals surface area (Å²) in [7, 11) is 0. The first-order chi connectivity index (χ1) is 12.8. The first-order valence-electron chi connectivity index (χ1n) is 11.4. The number of β-amino-alcohol motifs (C(OH)–C–C–N with tert-alkyl or cyclic N) is 2. The Morgan fingerprint density at radius 1 is 0.778 bits per heavy atom. The van der Waals surface area contributed by atoms with E-state index in [1.165, 1.54) is 89.3 Å². The third kappa shape index (κ3) is 12.7. The van der Waals surface area contributed by atoms with Gasteiger partial charge in [-0.3, -0.25) is 9.48 Å². The molecule has 1 aliphatic rings. The smallest absolute Gasteiger partial charge is 0.247 e. The summed E-state index contributed by atoms with van der Waals surface area (Å²) >= 11 is 0. The Bertz CT molecular complexity index is 364. The quantitative estimate of drug-likeness (QED) is 0.266. The molecule has 0 aromatic carbocycles. The van der Waals surface area contributed by atoms with Crippen LogP contribution in [0, 0.1) is 0 Å². The van der Waals surface area contributed by atoms with Gasteiger partial charge in [0.1, 0.15) is 26.2 Å². The van der Waals surface area contributed by atoms with Gasteiger partial charge in [0, 0.05) is 6.42 Å². The van der Waals surface area contributed by atoms with E-state index in [9.17, 15) is 10.2 Å². The Morgan fingerprint density at radius 3 is 1.78 bits per heavy atom. The lowest BCUT2D eigenvalue weighted by atomic mass is 10.0. The van der Waals surface area contributed by atoms with Gasteiger partial charge in [0.2, 0.25) is 5.84 Å². The van der Waals surface area contributed by atoms with Crippen LogP contribution in [0.2, 0.25) is 0 Å². The fourth-order valence-corrected chi connectivity index (χ4v) is 4.04. The molecule has 0 saturated heterocycles. The third-order valence-electron chi connectivity index (χ3n) is 5.61. The molecule has 162 valence electrons. The minimum Gasteiger partial charge on any atom is -1.00 e. The second kappa shape index (κ2) is 19.0. The van der Waals surface area contributed by atoms with Crippen molar-refractivity contribution >= 4 is 5.84 Å². The van der Waals surface area contributed by atoms with Crippen molar-refractivity contribution in [3.63, 3.8) is 0 Å². The van der Waals surface area contributed by atoms with Gasteiger partial charge in [0.15, 0.2) is 0 Å². The molecular weight excluding hydrogens is 360 g/mol. The van der Waals surface area contributed by atoms with Crippen molar-refractivity contribution in [2.75, 3.05) is 39.4 Å². The summed E-state index contributed by atoms with van der Waals surface area (Å²) in [4.78, 5) is 2.30. The van der Waals surface area contributed by atoms with E-state index >= 15 is 0 Å². The van der Waals surface area contributed by atoms with Gasteiger partial charge in [0.05, 0.1) is 13.2 Å². The van der Waals surface area contributed by atoms with Crippen molar-refractivity contribution in [1.82, 2.24) is 4.90 Å². The van der Waals surface area contributed by atoms with Crippen LogP contribution in [0.4, 0.5) is 0 Å². The summed E-state index contributed by atoms with van der Waals surface area (Å²) in [6.07, 6.45) is 19.1. The SMILES string of the molecule is CCCCCCCCCCCCCCCC1=[N+](CCO)CCN1CCO.[Cl-]. The summed E-state index contributed by atoms with van der Waals surface area (Å²) in [5.74, 6) is 1.34. The molecule has 1 rings (SSSR count). The Kier molecular flexibility index (Phi) is 18.8. The fourth-order valence-electron chi connectivity index (χ4n) is 4.04. The second-order valence-corrected chi connectivity index (χ2v) is 7.83. The van der Waals surface area contributed by atoms with Crippen LogP contribution in [0.3, 0.4) is 0 Å². The maximum absolute atomic E-state index is 9.22. The van der Waals surface area contributed by atoms with Crippen molar-refractivity contribution in [3.05, 3.63) is 0 Å². The van der Waals surface area contributed by atoms with E-state index in [2.05, 4.69) is 16.4 Å². The molecule has 0 amide bonds. The van der Waals surface area contributed by atoms with Gasteiger partial charge in [0.25, 0.3) is 0 Å². The van der Waals surface area contributed by atoms with Crippen LogP contribution >= 0.6 is 0 Å². The highest BCUT2D eigenvalue weighted by atomic mass is 35.5. The van der Waals surface area contributed by atoms with Crippen molar-refractivity contribution in [2.45, 2.75) is 96.8 Å². The lowest BCUT2D eigenvalue weighted by Gasteiger charge is -2.12. The number of amidine groups is 1. The van der Waals surface area contributed by atoms with Crippen LogP contribution in [0.15, 0.2) is 0 Å². The predicted octanol–water partition coefficient (Wildman–Crippen LogP) is 1.18. The van der Waals surface area contributed by atoms with Crippen LogP contribution in [-0.4, -0.2) is 64.9 Å². The minimum atomic E-state index is 0. The van der Waals surface area contributed by atoms with Gasteiger partial charge in [-0.05, 0) is 6.42 Å². The first-order valence-corrected chi connectivity index (χ1v) is 11.4. The molecule has 0 aliphatic carbocycles. The number of hydrogen-bond donors (Lipinski definition) is 2. The molecule has 0 atom stereocenters. The van der Waals surface area contributed by atoms with Crippen LogP contribution < -0.4 is 12.4 Å². The van der Waals surface area contributed by atoms with E-state index in [0.29, 0.717) is 0 Å². The molecule has 0 aromatic rings. The van der Waals surface area contributed by atoms with Gasteiger partial charge >= 0.3 is 0 Å². The van der Waals surface area contributed by atoms with E-state index in [0.717, 1.165) is 32.6 Å². The molecule has 0 unspecified atom stereocenters. The van der Waals surface area contributed by atoms with Gasteiger partial charge in [-0.1, -0.05) is 84.0 Å². The van der Waals surface area contributed by atoms with Gasteiger partial charge in [-0.15, -0.1) is 0 Å². The molecule has 0 saturated carbocycles. The van der Waals surface area contributed by atoms with Gasteiger partial charge < -0.3 is 22.6 Å². The standard InChI is InChI=1S/C22H45N2O2.ClH/c1-2-3-4-5-6-7-8-9-10-11-12-13-14-15-22-23(18-20-25)16-17-24(22)19-21-26;/h25-26H,2-21H2,1H3;1H/q+1;/p-1. The molecule has 27 heavy (non-hydrogen) atoms. The molecule has 0 aromatic heterocycles. The molecule has 0 fully saturated rings. The van der Waals surface area contributed by atoms with Crippen LogP contribution in [-0.2, 0) is 0 Å². The highest BCUT2D eigenvalue weighted by Gasteiger charge is 2.28. The molecule has 0 bridgehead atoms. The number of unbranched alkanes of at least 4 members (excludes halogenated alkanes) is 12. The lowest BCUT2D eigenvalue weighted by molar-refractivity contribution is -0.521. The van der Waals surface area contributed by atoms with E-state index in [1.54, 1.807) is 0 Å². The highest BCUT2D eigenvalue weighted by Crippen LogP contribution is 2.14. The molecular formula is C22H45ClN2O2. The monoisotopic (exact) mass is 404 g/mol. The normalized spacial score (nSPS) is 14.1. The first kappa shape index (κ1) is 26.7. The Hall–Kier alpha value is -0.320. The van der Waals surface area contributed by atoms with E-state index < -0.39 is 0 Å². The van der Waals surface area contributed by atoms with Crippen LogP contribution in [0.25, 0.3) is 0 Å². The highest BCUT2D eigenvalue weighted by molar-refractivity contribution is 5.78. The number of aliphatic hydroxyl groups is 2. The average Bonchev–Trinajstić information content (AvgIpc) is 3.01. The zero-order chi connectivity index (χ0) is 18.9. The maximum atomic E-state index is 9.22. The summed E-state index contributed by atoms with van der Waals surface area (Å²) in [5, 5.41) is 18.4. The second-order valence-electron chi connectivity index (χ2n) is 7.83. The number of rotatable bonds is 18. The predicted molar refractivity (Wildman–Crippen MR) is 111 cm³/mol. The summed E-state index contributed by atoms with van der Waals surface area (Å²) < 4.78 is 2.30. The van der Waals surface area contributed by atoms with E-state index in [4.69, 9.17) is 0 Å². The zero-order valence-corrected chi connectivity index (χ0v) is 18.6. The van der Waals surface area contributed by atoms with Gasteiger partial charge in [-0.2, -0.15) is 0 Å². The third-order valence-corrected chi connectivity index (χ3v) is 5.61. The van der Waals surface area contributed by atoms with Crippen molar-refractivity contribution in [3.8, 4) is 0 Å². The van der Waals surface area contributed by atoms with E-state index in [-0.39, 0.29) is 25.6 Å². The van der Waals surface area contributed by atoms with Gasteiger partial charge in [-0.25, -0.2) is 0 Å². The van der Waals surface area contributed by atoms with Crippen LogP contribution in [0.1, 0.15) is 96.8 Å². The Labute approximate surface area is 174 Å². The number of hydrogen-bond acceptors (Lipinski definition) is 3. The molecule has 5 heteroatoms. The number of halogens is 1. The van der Waals surface area contributed by atoms with Crippen molar-refractivity contribution in [2.24, 2.45) is 0 Å². The molecule has 1 aliphatic heterocycles. The van der Waals surface area contributed by atoms with Crippen molar-refractivity contribution < 1.29 is 27.2 Å². The fraction of sp³-hybridized carbons (Fsp3) is 0.955. The molecule has 2 N–H and O–H groups in total. The summed E-state index contributed by atoms with van der Waals surface area (Å²) in [6, 6.07) is 0. The number of aliphatic hydroxyl groups excluding tert-OH is 2. The summed E-state index contributed by atoms with van der Waals surface area (Å²) in [6.45, 7) is 6.17. The zero-order valence-electron chi connectivity index (χ0n) is 17.8. The molecule has 0 radical (unpaired) electrons. The Balaban J connectivity index is 0.00000676. The van der Waals surface area contributed by atoms with Crippen LogP contribution in [0.5, 0.6) is 0 Å². The van der Waals surface area contributed by atoms with E-state index in [1.807, 2.05) is 0 Å². The Morgan fingerprint density at radius 2 is 1.30 bits per heavy atom. The molecule has 1 heterocycles. The minimum absolute atomic E-state index is 0. The molecule has 4 nitrogen and oxygen atoms in total. The largest absolute Gasteiger partial charge is 1.00 e. The summed E-state index contributed by atoms with van der Waals surface area (Å²) in [5.41, 5.74) is 0. The maximum Gasteiger partial charge on any atom is 0.247 e. The lowest BCUT2D eigenvalue weighted by Crippen LogP contribution is -3.00. The molecule has 0 spiro atoms. The van der Waals surface area contributed by atoms with Crippen molar-refractivity contribution in [1.29, 1.82) is 0 Å². The average molecular weight is 405 g/mol. The number of nitrogens with zero attached hydrogens (tertiary/aromatic N) is 2.